The van der Waals surface area contributed by atoms with Crippen LogP contribution < -0.4 is 5.32 Å². The molecular weight excluding hydrogens is 351 g/mol. The van der Waals surface area contributed by atoms with E-state index in [1.165, 1.54) is 17.8 Å². The first kappa shape index (κ1) is 20.0. The van der Waals surface area contributed by atoms with Gasteiger partial charge in [-0.25, -0.2) is 4.39 Å². The summed E-state index contributed by atoms with van der Waals surface area (Å²) in [6.07, 6.45) is 0.257. The number of halogens is 1. The van der Waals surface area contributed by atoms with E-state index in [0.29, 0.717) is 35.0 Å². The third-order valence-electron chi connectivity index (χ3n) is 3.87. The number of hydrogen-bond acceptors (Lipinski definition) is 3. The lowest BCUT2D eigenvalue weighted by atomic mass is 10.1. The molecule has 6 heteroatoms. The Morgan fingerprint density at radius 1 is 1.08 bits per heavy atom. The second-order valence-electron chi connectivity index (χ2n) is 5.64. The highest BCUT2D eigenvalue weighted by Crippen LogP contribution is 2.22. The molecule has 0 saturated carbocycles. The summed E-state index contributed by atoms with van der Waals surface area (Å²) in [7, 11) is 0. The first-order chi connectivity index (χ1) is 12.5. The highest BCUT2D eigenvalue weighted by Gasteiger charge is 2.13. The summed E-state index contributed by atoms with van der Waals surface area (Å²) in [6.45, 7) is 5.14. The van der Waals surface area contributed by atoms with Crippen molar-refractivity contribution in [1.29, 1.82) is 0 Å². The molecule has 1 N–H and O–H groups in total. The minimum absolute atomic E-state index is 0.0544. The van der Waals surface area contributed by atoms with Gasteiger partial charge in [0.05, 0.1) is 0 Å². The number of nitrogens with zero attached hydrogens (tertiary/aromatic N) is 1. The van der Waals surface area contributed by atoms with Crippen molar-refractivity contribution in [2.24, 2.45) is 0 Å². The van der Waals surface area contributed by atoms with Crippen LogP contribution in [0.4, 0.5) is 10.1 Å². The Labute approximate surface area is 157 Å². The zero-order chi connectivity index (χ0) is 18.9. The molecule has 0 aliphatic heterocycles. The Morgan fingerprint density at radius 2 is 1.81 bits per heavy atom. The van der Waals surface area contributed by atoms with Crippen molar-refractivity contribution < 1.29 is 14.0 Å². The summed E-state index contributed by atoms with van der Waals surface area (Å²) < 4.78 is 13.5. The summed E-state index contributed by atoms with van der Waals surface area (Å²) in [6, 6.07) is 13.4. The van der Waals surface area contributed by atoms with Crippen LogP contribution in [0.2, 0.25) is 0 Å². The third kappa shape index (κ3) is 5.59. The van der Waals surface area contributed by atoms with E-state index in [9.17, 15) is 14.0 Å². The van der Waals surface area contributed by atoms with E-state index in [1.54, 1.807) is 47.4 Å². The molecule has 2 rings (SSSR count). The molecule has 138 valence electrons. The van der Waals surface area contributed by atoms with Gasteiger partial charge in [0.15, 0.2) is 0 Å². The van der Waals surface area contributed by atoms with Gasteiger partial charge in [0.2, 0.25) is 5.91 Å². The molecule has 26 heavy (non-hydrogen) atoms. The molecule has 0 saturated heterocycles. The van der Waals surface area contributed by atoms with Gasteiger partial charge in [-0.1, -0.05) is 18.2 Å². The van der Waals surface area contributed by atoms with Crippen molar-refractivity contribution in [3.63, 3.8) is 0 Å². The van der Waals surface area contributed by atoms with Crippen molar-refractivity contribution in [1.82, 2.24) is 4.90 Å². The van der Waals surface area contributed by atoms with Crippen LogP contribution in [0, 0.1) is 5.82 Å². The molecule has 0 radical (unpaired) electrons. The largest absolute Gasteiger partial charge is 0.339 e. The number of rotatable bonds is 8. The second kappa shape index (κ2) is 9.97. The summed E-state index contributed by atoms with van der Waals surface area (Å²) >= 11 is 1.31. The molecule has 0 bridgehead atoms. The zero-order valence-electron chi connectivity index (χ0n) is 15.0. The van der Waals surface area contributed by atoms with Crippen LogP contribution in [0.5, 0.6) is 0 Å². The van der Waals surface area contributed by atoms with E-state index in [0.717, 1.165) is 0 Å². The van der Waals surface area contributed by atoms with Crippen LogP contribution in [0.15, 0.2) is 53.4 Å². The van der Waals surface area contributed by atoms with E-state index in [-0.39, 0.29) is 24.1 Å². The molecule has 0 atom stereocenters. The van der Waals surface area contributed by atoms with Crippen molar-refractivity contribution in [3.8, 4) is 0 Å². The number of benzene rings is 2. The average Bonchev–Trinajstić information content (AvgIpc) is 2.64. The fourth-order valence-corrected chi connectivity index (χ4v) is 3.35. The van der Waals surface area contributed by atoms with E-state index < -0.39 is 0 Å². The number of hydrogen-bond donors (Lipinski definition) is 1. The van der Waals surface area contributed by atoms with Crippen LogP contribution in [0.25, 0.3) is 0 Å². The summed E-state index contributed by atoms with van der Waals surface area (Å²) in [5, 5.41) is 2.80. The second-order valence-corrected chi connectivity index (χ2v) is 6.77. The van der Waals surface area contributed by atoms with Gasteiger partial charge in [-0.2, -0.15) is 0 Å². The van der Waals surface area contributed by atoms with Crippen molar-refractivity contribution >= 4 is 29.3 Å². The highest BCUT2D eigenvalue weighted by atomic mass is 32.2. The van der Waals surface area contributed by atoms with E-state index in [4.69, 9.17) is 0 Å². The number of nitrogens with one attached hydrogen (secondary N) is 1. The molecule has 0 heterocycles. The van der Waals surface area contributed by atoms with Gasteiger partial charge in [-0.05, 0) is 44.2 Å². The van der Waals surface area contributed by atoms with E-state index in [2.05, 4.69) is 5.32 Å². The molecule has 2 amide bonds. The fraction of sp³-hybridized carbons (Fsp3) is 0.300. The number of thioether (sulfide) groups is 1. The lowest BCUT2D eigenvalue weighted by molar-refractivity contribution is -0.115. The first-order valence-electron chi connectivity index (χ1n) is 8.61. The molecular formula is C20H23FN2O2S. The summed E-state index contributed by atoms with van der Waals surface area (Å²) in [5.74, 6) is -0.0202. The summed E-state index contributed by atoms with van der Waals surface area (Å²) in [4.78, 5) is 26.7. The summed E-state index contributed by atoms with van der Waals surface area (Å²) in [5.41, 5.74) is 1.14. The monoisotopic (exact) mass is 374 g/mol. The normalized spacial score (nSPS) is 10.4. The number of anilines is 1. The molecule has 0 aliphatic carbocycles. The molecule has 4 nitrogen and oxygen atoms in total. The van der Waals surface area contributed by atoms with Gasteiger partial charge >= 0.3 is 0 Å². The maximum Gasteiger partial charge on any atom is 0.253 e. The lowest BCUT2D eigenvalue weighted by Crippen LogP contribution is -2.30. The number of amides is 2. The molecule has 0 aromatic heterocycles. The van der Waals surface area contributed by atoms with Crippen LogP contribution in [0.3, 0.4) is 0 Å². The average molecular weight is 374 g/mol. The van der Waals surface area contributed by atoms with Crippen molar-refractivity contribution in [2.75, 3.05) is 24.2 Å². The molecule has 0 fully saturated rings. The molecule has 0 unspecified atom stereocenters. The quantitative estimate of drug-likeness (QED) is 0.696. The Balaban J connectivity index is 1.90. The third-order valence-corrected chi connectivity index (χ3v) is 4.92. The maximum atomic E-state index is 13.5. The SMILES string of the molecule is CCN(CC)C(=O)c1cccc(NC(=O)CCSc2ccccc2F)c1. The first-order valence-corrected chi connectivity index (χ1v) is 9.60. The molecule has 2 aromatic carbocycles. The Morgan fingerprint density at radius 3 is 2.50 bits per heavy atom. The van der Waals surface area contributed by atoms with Crippen molar-refractivity contribution in [2.45, 2.75) is 25.2 Å². The van der Waals surface area contributed by atoms with E-state index >= 15 is 0 Å². The Kier molecular flexibility index (Phi) is 7.66. The predicted octanol–water partition coefficient (Wildman–Crippen LogP) is 4.43. The standard InChI is InChI=1S/C20H23FN2O2S/c1-3-23(4-2)20(25)15-8-7-9-16(14-15)22-19(24)12-13-26-18-11-6-5-10-17(18)21/h5-11,14H,3-4,12-13H2,1-2H3,(H,22,24). The van der Waals surface area contributed by atoms with Crippen molar-refractivity contribution in [3.05, 3.63) is 59.9 Å². The number of carbonyl (C=O) groups excluding carboxylic acids is 2. The van der Waals surface area contributed by atoms with Crippen LogP contribution >= 0.6 is 11.8 Å². The molecule has 0 aliphatic rings. The van der Waals surface area contributed by atoms with Gasteiger partial charge in [-0.3, -0.25) is 9.59 Å². The van der Waals surface area contributed by atoms with Gasteiger partial charge in [0.1, 0.15) is 5.82 Å². The van der Waals surface area contributed by atoms with Gasteiger partial charge in [0.25, 0.3) is 5.91 Å². The van der Waals surface area contributed by atoms with Gasteiger partial charge < -0.3 is 10.2 Å². The van der Waals surface area contributed by atoms with Crippen LogP contribution in [-0.2, 0) is 4.79 Å². The minimum atomic E-state index is -0.277. The Bertz CT molecular complexity index is 763. The molecule has 0 spiro atoms. The van der Waals surface area contributed by atoms with Gasteiger partial charge in [0, 0.05) is 41.4 Å². The predicted molar refractivity (Wildman–Crippen MR) is 104 cm³/mol. The Hall–Kier alpha value is -2.34. The van der Waals surface area contributed by atoms with E-state index in [1.807, 2.05) is 13.8 Å². The van der Waals surface area contributed by atoms with Crippen LogP contribution in [-0.4, -0.2) is 35.6 Å². The smallest absolute Gasteiger partial charge is 0.253 e. The number of carbonyl (C=O) groups is 2. The lowest BCUT2D eigenvalue weighted by Gasteiger charge is -2.19. The maximum absolute atomic E-state index is 13.5. The highest BCUT2D eigenvalue weighted by molar-refractivity contribution is 7.99. The fourth-order valence-electron chi connectivity index (χ4n) is 2.46. The topological polar surface area (TPSA) is 49.4 Å². The van der Waals surface area contributed by atoms with Gasteiger partial charge in [-0.15, -0.1) is 11.8 Å². The zero-order valence-corrected chi connectivity index (χ0v) is 15.8. The van der Waals surface area contributed by atoms with Crippen LogP contribution in [0.1, 0.15) is 30.6 Å². The molecule has 2 aromatic rings. The minimum Gasteiger partial charge on any atom is -0.339 e.